The molecule has 2 aromatic carbocycles. The molecule has 6 nitrogen and oxygen atoms in total. The summed E-state index contributed by atoms with van der Waals surface area (Å²) in [7, 11) is 1.69. The van der Waals surface area contributed by atoms with E-state index in [9.17, 15) is 9.18 Å². The van der Waals surface area contributed by atoms with E-state index in [1.54, 1.807) is 31.4 Å². The van der Waals surface area contributed by atoms with Crippen molar-refractivity contribution < 1.29 is 13.9 Å². The predicted molar refractivity (Wildman–Crippen MR) is 156 cm³/mol. The highest BCUT2D eigenvalue weighted by Gasteiger charge is 2.22. The molecule has 0 unspecified atom stereocenters. The third-order valence-corrected chi connectivity index (χ3v) is 7.08. The molecule has 1 heterocycles. The van der Waals surface area contributed by atoms with Crippen LogP contribution in [0, 0.1) is 11.7 Å². The molecule has 0 bridgehead atoms. The van der Waals surface area contributed by atoms with Crippen LogP contribution in [-0.2, 0) is 11.2 Å². The number of rotatable bonds is 14. The summed E-state index contributed by atoms with van der Waals surface area (Å²) >= 11 is 5.83. The number of halogens is 2. The van der Waals surface area contributed by atoms with E-state index >= 15 is 0 Å². The van der Waals surface area contributed by atoms with Crippen LogP contribution >= 0.6 is 11.6 Å². The summed E-state index contributed by atoms with van der Waals surface area (Å²) in [5.41, 5.74) is 3.80. The number of hydrogen-bond donors (Lipinski definition) is 0. The Kier molecular flexibility index (Phi) is 11.9. The molecule has 1 fully saturated rings. The second kappa shape index (κ2) is 15.3. The number of hydrogen-bond acceptors (Lipinski definition) is 6. The first-order valence-electron chi connectivity index (χ1n) is 12.8. The van der Waals surface area contributed by atoms with E-state index in [0.717, 1.165) is 63.2 Å². The topological polar surface area (TPSA) is 57.5 Å². The van der Waals surface area contributed by atoms with Crippen molar-refractivity contribution in [1.82, 2.24) is 4.90 Å². The number of carbonyl (C=O) groups excluding carboxylic acids is 1. The Morgan fingerprint density at radius 2 is 2.00 bits per heavy atom. The van der Waals surface area contributed by atoms with Gasteiger partial charge in [-0.15, -0.1) is 0 Å². The summed E-state index contributed by atoms with van der Waals surface area (Å²) in [5, 5.41) is 0.397. The van der Waals surface area contributed by atoms with E-state index in [2.05, 4.69) is 33.2 Å². The van der Waals surface area contributed by atoms with E-state index in [-0.39, 0.29) is 5.82 Å². The maximum absolute atomic E-state index is 14.0. The number of piperidine rings is 1. The van der Waals surface area contributed by atoms with Crippen molar-refractivity contribution in [2.45, 2.75) is 19.3 Å². The average molecular weight is 539 g/mol. The van der Waals surface area contributed by atoms with Crippen LogP contribution in [0.4, 0.5) is 15.8 Å². The highest BCUT2D eigenvalue weighted by molar-refractivity contribution is 6.30. The van der Waals surface area contributed by atoms with Crippen molar-refractivity contribution in [2.75, 3.05) is 51.3 Å². The number of allylic oxidation sites excluding steroid dienone is 4. The fourth-order valence-electron chi connectivity index (χ4n) is 4.64. The van der Waals surface area contributed by atoms with Crippen molar-refractivity contribution >= 4 is 42.7 Å². The number of anilines is 1. The molecule has 0 N–H and O–H groups in total. The van der Waals surface area contributed by atoms with Gasteiger partial charge in [-0.25, -0.2) is 4.39 Å². The van der Waals surface area contributed by atoms with E-state index in [0.29, 0.717) is 40.8 Å². The Balaban J connectivity index is 1.54. The molecular formula is C30H36ClFN4O2. The molecule has 202 valence electrons. The van der Waals surface area contributed by atoms with Crippen molar-refractivity contribution in [3.05, 3.63) is 82.3 Å². The minimum atomic E-state index is -0.295. The maximum Gasteiger partial charge on any atom is 0.150 e. The van der Waals surface area contributed by atoms with Gasteiger partial charge in [0.25, 0.3) is 0 Å². The molecule has 2 aromatic rings. The normalized spacial score (nSPS) is 15.1. The van der Waals surface area contributed by atoms with Gasteiger partial charge in [0, 0.05) is 48.9 Å². The summed E-state index contributed by atoms with van der Waals surface area (Å²) in [5.74, 6) is 0.0500. The monoisotopic (exact) mass is 538 g/mol. The van der Waals surface area contributed by atoms with Gasteiger partial charge in [0.2, 0.25) is 0 Å². The first kappa shape index (κ1) is 29.4. The number of carbonyl (C=O) groups is 1. The Morgan fingerprint density at radius 1 is 1.21 bits per heavy atom. The molecule has 0 spiro atoms. The molecule has 1 saturated heterocycles. The fourth-order valence-corrected chi connectivity index (χ4v) is 4.80. The van der Waals surface area contributed by atoms with E-state index in [1.165, 1.54) is 6.07 Å². The highest BCUT2D eigenvalue weighted by atomic mass is 35.5. The lowest BCUT2D eigenvalue weighted by Gasteiger charge is -2.34. The number of ether oxygens (including phenoxy) is 1. The number of nitrogens with zero attached hydrogens (tertiary/aromatic N) is 4. The number of methoxy groups -OCH3 is 1. The van der Waals surface area contributed by atoms with Crippen molar-refractivity contribution in [2.24, 2.45) is 15.9 Å². The quantitative estimate of drug-likeness (QED) is 0.164. The van der Waals surface area contributed by atoms with Crippen molar-refractivity contribution in [3.8, 4) is 0 Å². The second-order valence-electron chi connectivity index (χ2n) is 9.24. The largest absolute Gasteiger partial charge is 0.383 e. The van der Waals surface area contributed by atoms with Gasteiger partial charge in [-0.2, -0.15) is 0 Å². The van der Waals surface area contributed by atoms with Gasteiger partial charge in [-0.3, -0.25) is 14.8 Å². The zero-order valence-electron chi connectivity index (χ0n) is 22.0. The molecule has 38 heavy (non-hydrogen) atoms. The zero-order chi connectivity index (χ0) is 27.3. The SMILES string of the molecule is C=N/C(=C\C=C/Cc1ccc(Cl)cc1F)C1CCN(CCN(CCOC)c2ccc(C=O)cc2N=C)CC1. The molecule has 1 aliphatic heterocycles. The summed E-state index contributed by atoms with van der Waals surface area (Å²) in [4.78, 5) is 24.3. The van der Waals surface area contributed by atoms with Gasteiger partial charge < -0.3 is 14.5 Å². The van der Waals surface area contributed by atoms with Crippen LogP contribution in [0.25, 0.3) is 0 Å². The first-order chi connectivity index (χ1) is 18.5. The summed E-state index contributed by atoms with van der Waals surface area (Å²) < 4.78 is 19.3. The summed E-state index contributed by atoms with van der Waals surface area (Å²) in [6.45, 7) is 12.4. The lowest BCUT2D eigenvalue weighted by atomic mass is 9.93. The minimum Gasteiger partial charge on any atom is -0.383 e. The Bertz CT molecular complexity index is 1160. The van der Waals surface area contributed by atoms with E-state index < -0.39 is 0 Å². The van der Waals surface area contributed by atoms with Gasteiger partial charge in [-0.05, 0) is 87.8 Å². The van der Waals surface area contributed by atoms with Crippen LogP contribution in [0.5, 0.6) is 0 Å². The van der Waals surface area contributed by atoms with Gasteiger partial charge in [-0.1, -0.05) is 29.8 Å². The molecule has 0 aliphatic carbocycles. The number of likely N-dealkylation sites (tertiary alicyclic amines) is 1. The molecule has 8 heteroatoms. The van der Waals surface area contributed by atoms with Crippen LogP contribution in [0.15, 0.2) is 70.3 Å². The van der Waals surface area contributed by atoms with Crippen LogP contribution in [-0.4, -0.2) is 71.1 Å². The number of aldehydes is 1. The van der Waals surface area contributed by atoms with Crippen LogP contribution in [0.2, 0.25) is 5.02 Å². The molecule has 0 amide bonds. The van der Waals surface area contributed by atoms with Crippen LogP contribution in [0.3, 0.4) is 0 Å². The van der Waals surface area contributed by atoms with Crippen LogP contribution in [0.1, 0.15) is 28.8 Å². The third kappa shape index (κ3) is 8.45. The van der Waals surface area contributed by atoms with Crippen molar-refractivity contribution in [3.63, 3.8) is 0 Å². The van der Waals surface area contributed by atoms with Crippen molar-refractivity contribution in [1.29, 1.82) is 0 Å². The summed E-state index contributed by atoms with van der Waals surface area (Å²) in [6, 6.07) is 10.2. The molecule has 0 saturated carbocycles. The maximum atomic E-state index is 14.0. The van der Waals surface area contributed by atoms with Crippen LogP contribution < -0.4 is 4.90 Å². The first-order valence-corrected chi connectivity index (χ1v) is 13.2. The zero-order valence-corrected chi connectivity index (χ0v) is 22.7. The standard InChI is InChI=1S/C30H36ClFN4O2/c1-33-28(7-5-4-6-24-9-10-26(31)21-27(24)32)25-12-14-35(15-13-25)16-17-36(18-19-38-3)30-11-8-23(22-37)20-29(30)34-2/h4-5,7-11,20-22,25H,1-2,6,12-19H2,3H3/b5-4-,28-7-. The predicted octanol–water partition coefficient (Wildman–Crippen LogP) is 6.17. The summed E-state index contributed by atoms with van der Waals surface area (Å²) in [6.07, 6.45) is 9.14. The minimum absolute atomic E-state index is 0.295. The molecule has 0 radical (unpaired) electrons. The second-order valence-corrected chi connectivity index (χ2v) is 9.67. The molecule has 0 atom stereocenters. The van der Waals surface area contributed by atoms with Gasteiger partial charge in [0.05, 0.1) is 18.0 Å². The van der Waals surface area contributed by atoms with Gasteiger partial charge >= 0.3 is 0 Å². The molecule has 0 aromatic heterocycles. The van der Waals surface area contributed by atoms with Gasteiger partial charge in [0.15, 0.2) is 0 Å². The Morgan fingerprint density at radius 3 is 2.66 bits per heavy atom. The highest BCUT2D eigenvalue weighted by Crippen LogP contribution is 2.30. The number of aliphatic imine (C=N–C) groups is 2. The lowest BCUT2D eigenvalue weighted by Crippen LogP contribution is -2.41. The number of benzene rings is 2. The molecule has 3 rings (SSSR count). The van der Waals surface area contributed by atoms with E-state index in [1.807, 2.05) is 24.3 Å². The average Bonchev–Trinajstić information content (AvgIpc) is 2.94. The van der Waals surface area contributed by atoms with Gasteiger partial charge in [0.1, 0.15) is 12.1 Å². The fraction of sp³-hybridized carbons (Fsp3) is 0.367. The van der Waals surface area contributed by atoms with E-state index in [4.69, 9.17) is 16.3 Å². The molecule has 1 aliphatic rings. The Labute approximate surface area is 230 Å². The smallest absolute Gasteiger partial charge is 0.150 e. The molecular weight excluding hydrogens is 503 g/mol. The lowest BCUT2D eigenvalue weighted by molar-refractivity contribution is 0.112. The Hall–Kier alpha value is -3.13. The third-order valence-electron chi connectivity index (χ3n) is 6.84.